The fourth-order valence-electron chi connectivity index (χ4n) is 6.90. The van der Waals surface area contributed by atoms with E-state index >= 15 is 0 Å². The number of amides is 1. The van der Waals surface area contributed by atoms with E-state index in [1.807, 2.05) is 134 Å². The summed E-state index contributed by atoms with van der Waals surface area (Å²) in [5.74, 6) is -0.959. The van der Waals surface area contributed by atoms with Gasteiger partial charge in [0.15, 0.2) is 0 Å². The number of carbonyl (C=O) groups excluding carboxylic acids is 2. The number of ether oxygens (including phenoxy) is 2. The number of likely N-dealkylation sites (N-methyl/N-ethyl adjacent to an activating group) is 1. The zero-order chi connectivity index (χ0) is 42.8. The number of rotatable bonds is 15. The molecule has 61 heavy (non-hydrogen) atoms. The van der Waals surface area contributed by atoms with Gasteiger partial charge in [-0.05, 0) is 76.7 Å². The number of hydrogen-bond acceptors (Lipinski definition) is 7. The van der Waals surface area contributed by atoms with E-state index in [1.54, 1.807) is 36.4 Å². The van der Waals surface area contributed by atoms with Gasteiger partial charge in [-0.1, -0.05) is 139 Å². The molecular weight excluding hydrogens is 783 g/mol. The molecule has 0 aliphatic rings. The number of nitriles is 1. The van der Waals surface area contributed by atoms with Gasteiger partial charge in [-0.25, -0.2) is 13.2 Å². The third-order valence-electron chi connectivity index (χ3n) is 10.2. The molecular formula is C51H43N3O6S. The summed E-state index contributed by atoms with van der Waals surface area (Å²) >= 11 is 0. The van der Waals surface area contributed by atoms with Gasteiger partial charge < -0.3 is 14.4 Å². The van der Waals surface area contributed by atoms with Crippen LogP contribution < -0.4 is 9.64 Å². The van der Waals surface area contributed by atoms with Crippen LogP contribution in [0.3, 0.4) is 0 Å². The molecule has 0 N–H and O–H groups in total. The molecule has 9 nitrogen and oxygen atoms in total. The maximum Gasteiger partial charge on any atom is 0.342 e. The Morgan fingerprint density at radius 2 is 1.26 bits per heavy atom. The minimum absolute atomic E-state index is 0.0103. The third kappa shape index (κ3) is 10.1. The predicted octanol–water partition coefficient (Wildman–Crippen LogP) is 9.99. The molecule has 1 amide bonds. The first kappa shape index (κ1) is 41.8. The van der Waals surface area contributed by atoms with Crippen LogP contribution in [0.4, 0.5) is 5.69 Å². The Balaban J connectivity index is 1.28. The van der Waals surface area contributed by atoms with Gasteiger partial charge in [-0.3, -0.25) is 4.79 Å². The Hall–Kier alpha value is -7.32. The van der Waals surface area contributed by atoms with Crippen LogP contribution >= 0.6 is 0 Å². The first-order valence-electron chi connectivity index (χ1n) is 19.6. The minimum Gasteiger partial charge on any atom is -0.488 e. The quantitative estimate of drug-likeness (QED) is 0.0945. The van der Waals surface area contributed by atoms with Crippen molar-refractivity contribution in [2.24, 2.45) is 0 Å². The fourth-order valence-corrected chi connectivity index (χ4v) is 8.02. The maximum atomic E-state index is 14.6. The summed E-state index contributed by atoms with van der Waals surface area (Å²) in [6.45, 7) is 1.55. The summed E-state index contributed by atoms with van der Waals surface area (Å²) in [5, 5.41) is 10.2. The van der Waals surface area contributed by atoms with Gasteiger partial charge in [0, 0.05) is 24.4 Å². The third-order valence-corrected chi connectivity index (χ3v) is 12.0. The minimum atomic E-state index is -4.05. The predicted molar refractivity (Wildman–Crippen MR) is 237 cm³/mol. The average Bonchev–Trinajstić information content (AvgIpc) is 3.30. The molecule has 7 aromatic rings. The van der Waals surface area contributed by atoms with E-state index in [0.29, 0.717) is 16.8 Å². The van der Waals surface area contributed by atoms with Gasteiger partial charge in [0.1, 0.15) is 24.5 Å². The van der Waals surface area contributed by atoms with Gasteiger partial charge in [-0.15, -0.1) is 0 Å². The van der Waals surface area contributed by atoms with Crippen LogP contribution in [0.1, 0.15) is 38.2 Å². The molecule has 0 heterocycles. The molecule has 0 saturated heterocycles. The van der Waals surface area contributed by atoms with E-state index < -0.39 is 28.4 Å². The highest BCUT2D eigenvalue weighted by Crippen LogP contribution is 2.36. The van der Waals surface area contributed by atoms with Crippen LogP contribution in [0.25, 0.3) is 22.3 Å². The van der Waals surface area contributed by atoms with Gasteiger partial charge in [0.05, 0.1) is 29.6 Å². The Morgan fingerprint density at radius 1 is 0.656 bits per heavy atom. The average molecular weight is 826 g/mol. The normalized spacial score (nSPS) is 11.1. The molecule has 0 spiro atoms. The summed E-state index contributed by atoms with van der Waals surface area (Å²) < 4.78 is 40.5. The standard InChI is InChI=1S/C51H43N3O6S/c1-37-24-27-45(28-25-37)61(57,58)53(2)34-49(55)54(33-40-18-12-21-42(30-40)50-43(32-52)22-13-23-46(50)41-19-10-5-11-20-41)44-26-29-47(51(56)60-36-39-16-8-4-9-17-39)48(31-44)59-35-38-14-6-3-7-15-38/h3-31H,33-36H2,1-2H3. The van der Waals surface area contributed by atoms with E-state index in [2.05, 4.69) is 6.07 Å². The van der Waals surface area contributed by atoms with Gasteiger partial charge in [-0.2, -0.15) is 9.57 Å². The van der Waals surface area contributed by atoms with E-state index in [-0.39, 0.29) is 36.0 Å². The SMILES string of the molecule is Cc1ccc(S(=O)(=O)N(C)CC(=O)N(Cc2cccc(-c3c(C#N)cccc3-c3ccccc3)c2)c2ccc(C(=O)OCc3ccccc3)c(OCc3ccccc3)c2)cc1. The van der Waals surface area contributed by atoms with Crippen molar-refractivity contribution in [3.8, 4) is 34.1 Å². The summed E-state index contributed by atoms with van der Waals surface area (Å²) in [5.41, 5.74) is 7.63. The molecule has 304 valence electrons. The molecule has 0 radical (unpaired) electrons. The van der Waals surface area contributed by atoms with Crippen molar-refractivity contribution < 1.29 is 27.5 Å². The lowest BCUT2D eigenvalue weighted by molar-refractivity contribution is -0.118. The number of aryl methyl sites for hydroxylation is 1. The van der Waals surface area contributed by atoms with Crippen LogP contribution in [0.5, 0.6) is 5.75 Å². The fraction of sp³-hybridized carbons (Fsp3) is 0.118. The Labute approximate surface area is 356 Å². The molecule has 0 aliphatic heterocycles. The van der Waals surface area contributed by atoms with E-state index in [9.17, 15) is 23.3 Å². The van der Waals surface area contributed by atoms with Crippen LogP contribution in [0, 0.1) is 18.3 Å². The Bertz CT molecular complexity index is 2790. The molecule has 0 aromatic heterocycles. The second-order valence-electron chi connectivity index (χ2n) is 14.5. The molecule has 0 unspecified atom stereocenters. The molecule has 0 aliphatic carbocycles. The van der Waals surface area contributed by atoms with Gasteiger partial charge in [0.2, 0.25) is 15.9 Å². The van der Waals surface area contributed by atoms with E-state index in [0.717, 1.165) is 43.2 Å². The van der Waals surface area contributed by atoms with Crippen molar-refractivity contribution in [1.29, 1.82) is 5.26 Å². The lowest BCUT2D eigenvalue weighted by Crippen LogP contribution is -2.41. The summed E-state index contributed by atoms with van der Waals surface area (Å²) in [6.07, 6.45) is 0. The largest absolute Gasteiger partial charge is 0.488 e. The summed E-state index contributed by atoms with van der Waals surface area (Å²) in [6, 6.07) is 55.4. The zero-order valence-corrected chi connectivity index (χ0v) is 34.6. The van der Waals surface area contributed by atoms with Gasteiger partial charge in [0.25, 0.3) is 0 Å². The molecule has 7 rings (SSSR count). The van der Waals surface area contributed by atoms with Crippen molar-refractivity contribution in [2.75, 3.05) is 18.5 Å². The van der Waals surface area contributed by atoms with Crippen molar-refractivity contribution in [1.82, 2.24) is 4.31 Å². The smallest absolute Gasteiger partial charge is 0.342 e. The highest BCUT2D eigenvalue weighted by molar-refractivity contribution is 7.89. The molecule has 7 aromatic carbocycles. The van der Waals surface area contributed by atoms with Gasteiger partial charge >= 0.3 is 5.97 Å². The molecule has 0 atom stereocenters. The number of anilines is 1. The molecule has 0 fully saturated rings. The molecule has 0 saturated carbocycles. The molecule has 10 heteroatoms. The van der Waals surface area contributed by atoms with Crippen LogP contribution in [-0.4, -0.2) is 38.2 Å². The first-order chi connectivity index (χ1) is 29.6. The maximum absolute atomic E-state index is 14.6. The van der Waals surface area contributed by atoms with Crippen molar-refractivity contribution >= 4 is 27.6 Å². The summed E-state index contributed by atoms with van der Waals surface area (Å²) in [7, 11) is -2.68. The van der Waals surface area contributed by atoms with Crippen molar-refractivity contribution in [3.05, 3.63) is 209 Å². The lowest BCUT2D eigenvalue weighted by Gasteiger charge is -2.27. The number of nitrogens with zero attached hydrogens (tertiary/aromatic N) is 3. The van der Waals surface area contributed by atoms with Crippen LogP contribution in [-0.2, 0) is 39.3 Å². The van der Waals surface area contributed by atoms with E-state index in [4.69, 9.17) is 9.47 Å². The van der Waals surface area contributed by atoms with Crippen LogP contribution in [0.2, 0.25) is 0 Å². The van der Waals surface area contributed by atoms with Crippen molar-refractivity contribution in [2.45, 2.75) is 31.6 Å². The number of esters is 1. The monoisotopic (exact) mass is 825 g/mol. The number of hydrogen-bond donors (Lipinski definition) is 0. The second kappa shape index (κ2) is 19.2. The van der Waals surface area contributed by atoms with Crippen LogP contribution in [0.15, 0.2) is 181 Å². The highest BCUT2D eigenvalue weighted by Gasteiger charge is 2.28. The Kier molecular flexibility index (Phi) is 13.1. The topological polar surface area (TPSA) is 117 Å². The first-order valence-corrected chi connectivity index (χ1v) is 21.1. The zero-order valence-electron chi connectivity index (χ0n) is 33.8. The number of sulfonamides is 1. The number of benzene rings is 7. The molecule has 0 bridgehead atoms. The summed E-state index contributed by atoms with van der Waals surface area (Å²) in [4.78, 5) is 29.8. The Morgan fingerprint density at radius 3 is 1.93 bits per heavy atom. The van der Waals surface area contributed by atoms with E-state index in [1.165, 1.54) is 24.1 Å². The van der Waals surface area contributed by atoms with Crippen molar-refractivity contribution in [3.63, 3.8) is 0 Å². The second-order valence-corrected chi connectivity index (χ2v) is 16.5. The highest BCUT2D eigenvalue weighted by atomic mass is 32.2. The lowest BCUT2D eigenvalue weighted by atomic mass is 9.90. The number of carbonyl (C=O) groups is 2.